The quantitative estimate of drug-likeness (QED) is 0.355. The van der Waals surface area contributed by atoms with Crippen LogP contribution in [0.4, 0.5) is 0 Å². The molecule has 0 bridgehead atoms. The summed E-state index contributed by atoms with van der Waals surface area (Å²) in [5.74, 6) is 0. The maximum absolute atomic E-state index is 3.94. The van der Waals surface area contributed by atoms with Crippen molar-refractivity contribution < 1.29 is 0 Å². The third-order valence-electron chi connectivity index (χ3n) is 1.19. The van der Waals surface area contributed by atoms with Gasteiger partial charge in [0.1, 0.15) is 0 Å². The van der Waals surface area contributed by atoms with Gasteiger partial charge in [-0.1, -0.05) is 0 Å². The van der Waals surface area contributed by atoms with E-state index in [0.717, 1.165) is 6.54 Å². The molecular weight excluding hydrogens is 177 g/mol. The molecule has 0 unspecified atom stereocenters. The molecule has 2 heteroatoms. The van der Waals surface area contributed by atoms with Gasteiger partial charge in [0.2, 0.25) is 0 Å². The Labute approximate surface area is 64.9 Å². The first-order chi connectivity index (χ1) is 4.41. The van der Waals surface area contributed by atoms with E-state index >= 15 is 0 Å². The second kappa shape index (κ2) is 8.10. The molecule has 0 aromatic carbocycles. The summed E-state index contributed by atoms with van der Waals surface area (Å²) in [7, 11) is 0. The van der Waals surface area contributed by atoms with Crippen LogP contribution < -0.4 is 0 Å². The van der Waals surface area contributed by atoms with Gasteiger partial charge in [-0.25, -0.2) is 0 Å². The molecule has 9 heavy (non-hydrogen) atoms. The molecule has 0 radical (unpaired) electrons. The Balaban J connectivity index is 2.82. The SMILES string of the molecule is CCCCCCN=C=[Se]. The first kappa shape index (κ1) is 9.10. The van der Waals surface area contributed by atoms with Gasteiger partial charge in [-0.3, -0.25) is 0 Å². The summed E-state index contributed by atoms with van der Waals surface area (Å²) in [6.45, 7) is 3.15. The molecule has 1 nitrogen and oxygen atoms in total. The fraction of sp³-hybridized carbons (Fsp3) is 0.857. The second-order valence-corrected chi connectivity index (χ2v) is 2.42. The zero-order valence-corrected chi connectivity index (χ0v) is 7.60. The Morgan fingerprint density at radius 2 is 2.11 bits per heavy atom. The fourth-order valence-electron chi connectivity index (χ4n) is 0.663. The van der Waals surface area contributed by atoms with Crippen LogP contribution in [0.2, 0.25) is 0 Å². The van der Waals surface area contributed by atoms with Gasteiger partial charge in [-0.05, 0) is 0 Å². The van der Waals surface area contributed by atoms with E-state index in [-0.39, 0.29) is 0 Å². The van der Waals surface area contributed by atoms with Gasteiger partial charge in [-0.2, -0.15) is 0 Å². The minimum absolute atomic E-state index is 0.938. The zero-order chi connectivity index (χ0) is 6.95. The van der Waals surface area contributed by atoms with Crippen LogP contribution in [0, 0.1) is 0 Å². The Hall–Kier alpha value is 0.0995. The number of rotatable bonds is 5. The molecule has 0 rings (SSSR count). The number of hydrogen-bond donors (Lipinski definition) is 0. The summed E-state index contributed by atoms with van der Waals surface area (Å²) in [6.07, 6.45) is 5.15. The first-order valence-corrected chi connectivity index (χ1v) is 4.31. The molecule has 0 fully saturated rings. The van der Waals surface area contributed by atoms with Gasteiger partial charge in [0.25, 0.3) is 0 Å². The molecule has 0 amide bonds. The molecule has 0 N–H and O–H groups in total. The Kier molecular flexibility index (Phi) is 8.19. The molecule has 52 valence electrons. The van der Waals surface area contributed by atoms with Gasteiger partial charge in [0.05, 0.1) is 0 Å². The first-order valence-electron chi connectivity index (χ1n) is 3.45. The number of unbranched alkanes of at least 4 members (excludes halogenated alkanes) is 3. The van der Waals surface area contributed by atoms with Crippen LogP contribution >= 0.6 is 0 Å². The molecular formula is C7H13NSe. The van der Waals surface area contributed by atoms with Crippen molar-refractivity contribution in [1.82, 2.24) is 0 Å². The summed E-state index contributed by atoms with van der Waals surface area (Å²) in [6, 6.07) is 0. The van der Waals surface area contributed by atoms with Gasteiger partial charge < -0.3 is 0 Å². The van der Waals surface area contributed by atoms with Crippen LogP contribution in [-0.4, -0.2) is 26.8 Å². The van der Waals surface area contributed by atoms with E-state index < -0.39 is 0 Å². The fourth-order valence-corrected chi connectivity index (χ4v) is 0.855. The van der Waals surface area contributed by atoms with Gasteiger partial charge in [-0.15, -0.1) is 0 Å². The standard InChI is InChI=1S/C7H13NSe/c1-2-3-4-5-6-8-7-9/h2-6H2,1H3. The molecule has 0 aliphatic carbocycles. The van der Waals surface area contributed by atoms with Crippen molar-refractivity contribution in [3.63, 3.8) is 0 Å². The maximum atomic E-state index is 3.94. The van der Waals surface area contributed by atoms with Crippen LogP contribution in [-0.2, 0) is 0 Å². The monoisotopic (exact) mass is 191 g/mol. The van der Waals surface area contributed by atoms with Gasteiger partial charge in [0.15, 0.2) is 0 Å². The molecule has 0 saturated carbocycles. The Morgan fingerprint density at radius 3 is 2.67 bits per heavy atom. The van der Waals surface area contributed by atoms with Crippen molar-refractivity contribution in [3.05, 3.63) is 0 Å². The average Bonchev–Trinajstić information content (AvgIpc) is 1.89. The van der Waals surface area contributed by atoms with Crippen LogP contribution in [0.5, 0.6) is 0 Å². The van der Waals surface area contributed by atoms with E-state index in [0.29, 0.717) is 0 Å². The average molecular weight is 190 g/mol. The third kappa shape index (κ3) is 8.10. The molecule has 0 aliphatic rings. The second-order valence-electron chi connectivity index (χ2n) is 2.03. The molecule has 0 aliphatic heterocycles. The van der Waals surface area contributed by atoms with Crippen LogP contribution in [0.15, 0.2) is 4.99 Å². The zero-order valence-electron chi connectivity index (χ0n) is 5.89. The van der Waals surface area contributed by atoms with E-state index in [1.54, 1.807) is 0 Å². The summed E-state index contributed by atoms with van der Waals surface area (Å²) in [5, 5.41) is 0. The van der Waals surface area contributed by atoms with Crippen LogP contribution in [0.25, 0.3) is 0 Å². The number of hydrogen-bond acceptors (Lipinski definition) is 1. The molecule has 0 atom stereocenters. The Bertz CT molecular complexity index is 95.1. The molecule has 0 spiro atoms. The van der Waals surface area contributed by atoms with E-state index in [4.69, 9.17) is 0 Å². The Morgan fingerprint density at radius 1 is 1.33 bits per heavy atom. The van der Waals surface area contributed by atoms with Crippen molar-refractivity contribution in [2.75, 3.05) is 6.54 Å². The van der Waals surface area contributed by atoms with E-state index in [2.05, 4.69) is 32.2 Å². The van der Waals surface area contributed by atoms with E-state index in [1.807, 2.05) is 0 Å². The van der Waals surface area contributed by atoms with Crippen molar-refractivity contribution in [1.29, 1.82) is 0 Å². The minimum atomic E-state index is 0.938. The van der Waals surface area contributed by atoms with Crippen LogP contribution in [0.3, 0.4) is 0 Å². The summed E-state index contributed by atoms with van der Waals surface area (Å²) >= 11 is 2.62. The normalized spacial score (nSPS) is 8.56. The van der Waals surface area contributed by atoms with Gasteiger partial charge >= 0.3 is 64.4 Å². The third-order valence-corrected chi connectivity index (χ3v) is 1.46. The summed E-state index contributed by atoms with van der Waals surface area (Å²) < 4.78 is 2.64. The predicted octanol–water partition coefficient (Wildman–Crippen LogP) is 1.64. The van der Waals surface area contributed by atoms with Gasteiger partial charge in [0, 0.05) is 0 Å². The van der Waals surface area contributed by atoms with Crippen molar-refractivity contribution >= 4 is 20.3 Å². The van der Waals surface area contributed by atoms with E-state index in [1.165, 1.54) is 25.7 Å². The molecule has 0 saturated heterocycles. The van der Waals surface area contributed by atoms with Crippen molar-refractivity contribution in [3.8, 4) is 0 Å². The molecule has 0 aromatic heterocycles. The number of aliphatic imine (C=N–C) groups is 1. The molecule has 0 aromatic rings. The molecule has 0 heterocycles. The van der Waals surface area contributed by atoms with Crippen molar-refractivity contribution in [2.24, 2.45) is 4.99 Å². The van der Waals surface area contributed by atoms with E-state index in [9.17, 15) is 0 Å². The topological polar surface area (TPSA) is 12.4 Å². The number of nitrogens with zero attached hydrogens (tertiary/aromatic N) is 1. The van der Waals surface area contributed by atoms with Crippen LogP contribution in [0.1, 0.15) is 32.6 Å². The van der Waals surface area contributed by atoms with Crippen molar-refractivity contribution in [2.45, 2.75) is 32.6 Å². The predicted molar refractivity (Wildman–Crippen MR) is 42.2 cm³/mol. The summed E-state index contributed by atoms with van der Waals surface area (Å²) in [5.41, 5.74) is 0. The summed E-state index contributed by atoms with van der Waals surface area (Å²) in [4.78, 5) is 3.94.